The summed E-state index contributed by atoms with van der Waals surface area (Å²) in [7, 11) is 0. The smallest absolute Gasteiger partial charge is 0.138 e. The highest BCUT2D eigenvalue weighted by molar-refractivity contribution is 7.08. The molecule has 0 spiro atoms. The number of aromatic nitrogens is 3. The Morgan fingerprint density at radius 1 is 1.25 bits per heavy atom. The van der Waals surface area contributed by atoms with Crippen LogP contribution < -0.4 is 0 Å². The van der Waals surface area contributed by atoms with Gasteiger partial charge in [0.2, 0.25) is 0 Å². The van der Waals surface area contributed by atoms with E-state index in [0.29, 0.717) is 5.41 Å². The van der Waals surface area contributed by atoms with Crippen molar-refractivity contribution in [1.82, 2.24) is 14.2 Å². The number of hydrogen-bond acceptors (Lipinski definition) is 3. The third kappa shape index (κ3) is 1.71. The van der Waals surface area contributed by atoms with Gasteiger partial charge in [-0.15, -0.1) is 0 Å². The van der Waals surface area contributed by atoms with Crippen molar-refractivity contribution in [2.24, 2.45) is 0 Å². The first-order chi connectivity index (χ1) is 9.66. The number of hydrogen-bond donors (Lipinski definition) is 0. The van der Waals surface area contributed by atoms with Gasteiger partial charge in [0.05, 0.1) is 17.4 Å². The Bertz CT molecular complexity index is 780. The monoisotopic (exact) mass is 283 g/mol. The molecule has 0 amide bonds. The molecule has 20 heavy (non-hydrogen) atoms. The summed E-state index contributed by atoms with van der Waals surface area (Å²) in [4.78, 5) is 0. The molecule has 1 aromatic carbocycles. The summed E-state index contributed by atoms with van der Waals surface area (Å²) >= 11 is 1.51. The van der Waals surface area contributed by atoms with E-state index in [1.807, 2.05) is 17.8 Å². The summed E-state index contributed by atoms with van der Waals surface area (Å²) in [6, 6.07) is 8.88. The highest BCUT2D eigenvalue weighted by Crippen LogP contribution is 2.43. The Kier molecular flexibility index (Phi) is 2.51. The SMILES string of the molecule is Cc1cc(-n2ncc3ccc(C4(C)CCC4)cc32)sn1. The fourth-order valence-corrected chi connectivity index (χ4v) is 3.75. The lowest BCUT2D eigenvalue weighted by Crippen LogP contribution is -2.30. The molecule has 3 nitrogen and oxygen atoms in total. The average molecular weight is 283 g/mol. The van der Waals surface area contributed by atoms with Gasteiger partial charge in [-0.1, -0.05) is 25.5 Å². The Morgan fingerprint density at radius 3 is 2.75 bits per heavy atom. The van der Waals surface area contributed by atoms with Crippen LogP contribution in [0.5, 0.6) is 0 Å². The molecule has 4 rings (SSSR count). The fourth-order valence-electron chi connectivity index (χ4n) is 3.02. The zero-order valence-electron chi connectivity index (χ0n) is 11.8. The van der Waals surface area contributed by atoms with Gasteiger partial charge in [-0.3, -0.25) is 0 Å². The highest BCUT2D eigenvalue weighted by Gasteiger charge is 2.33. The predicted octanol–water partition coefficient (Wildman–Crippen LogP) is 4.23. The standard InChI is InChI=1S/C16H17N3S/c1-11-8-15(20-18-11)19-14-9-13(16(2)6-3-7-16)5-4-12(14)10-17-19/h4-5,8-10H,3,6-7H2,1-2H3. The van der Waals surface area contributed by atoms with Crippen molar-refractivity contribution in [2.75, 3.05) is 0 Å². The fraction of sp³-hybridized carbons (Fsp3) is 0.375. The van der Waals surface area contributed by atoms with Gasteiger partial charge in [-0.25, -0.2) is 4.68 Å². The Balaban J connectivity index is 1.88. The van der Waals surface area contributed by atoms with Gasteiger partial charge < -0.3 is 0 Å². The van der Waals surface area contributed by atoms with Crippen LogP contribution >= 0.6 is 11.5 Å². The summed E-state index contributed by atoms with van der Waals surface area (Å²) < 4.78 is 6.38. The van der Waals surface area contributed by atoms with Gasteiger partial charge in [-0.2, -0.15) is 9.47 Å². The molecular weight excluding hydrogens is 266 g/mol. The third-order valence-electron chi connectivity index (χ3n) is 4.55. The first kappa shape index (κ1) is 12.1. The maximum absolute atomic E-state index is 4.53. The molecule has 1 aliphatic carbocycles. The van der Waals surface area contributed by atoms with Crippen molar-refractivity contribution in [1.29, 1.82) is 0 Å². The molecule has 4 heteroatoms. The van der Waals surface area contributed by atoms with E-state index >= 15 is 0 Å². The topological polar surface area (TPSA) is 30.7 Å². The lowest BCUT2D eigenvalue weighted by atomic mass is 9.66. The maximum Gasteiger partial charge on any atom is 0.138 e. The van der Waals surface area contributed by atoms with E-state index in [-0.39, 0.29) is 0 Å². The van der Waals surface area contributed by atoms with E-state index < -0.39 is 0 Å². The van der Waals surface area contributed by atoms with Crippen LogP contribution in [0.25, 0.3) is 15.9 Å². The summed E-state index contributed by atoms with van der Waals surface area (Å²) in [6.07, 6.45) is 5.89. The summed E-state index contributed by atoms with van der Waals surface area (Å²) in [5, 5.41) is 6.82. The van der Waals surface area contributed by atoms with Gasteiger partial charge >= 0.3 is 0 Å². The van der Waals surface area contributed by atoms with Crippen LogP contribution in [0.2, 0.25) is 0 Å². The van der Waals surface area contributed by atoms with Crippen LogP contribution in [0, 0.1) is 6.92 Å². The molecule has 3 aromatic rings. The van der Waals surface area contributed by atoms with Crippen LogP contribution in [0.4, 0.5) is 0 Å². The van der Waals surface area contributed by atoms with Gasteiger partial charge in [-0.05, 0) is 54.4 Å². The van der Waals surface area contributed by atoms with Crippen LogP contribution in [0.15, 0.2) is 30.5 Å². The Labute approximate surface area is 122 Å². The molecule has 1 saturated carbocycles. The molecule has 0 saturated heterocycles. The normalized spacial score (nSPS) is 17.3. The number of fused-ring (bicyclic) bond motifs is 1. The van der Waals surface area contributed by atoms with Crippen LogP contribution in [0.1, 0.15) is 37.4 Å². The molecule has 0 radical (unpaired) electrons. The van der Waals surface area contributed by atoms with Crippen molar-refractivity contribution < 1.29 is 0 Å². The van der Waals surface area contributed by atoms with Crippen LogP contribution in [-0.2, 0) is 5.41 Å². The minimum Gasteiger partial charge on any atom is -0.221 e. The van der Waals surface area contributed by atoms with E-state index in [2.05, 4.69) is 40.7 Å². The van der Waals surface area contributed by atoms with Crippen molar-refractivity contribution in [3.05, 3.63) is 41.7 Å². The first-order valence-electron chi connectivity index (χ1n) is 7.08. The molecule has 0 bridgehead atoms. The van der Waals surface area contributed by atoms with Crippen molar-refractivity contribution >= 4 is 22.4 Å². The second-order valence-corrected chi connectivity index (χ2v) is 6.83. The second kappa shape index (κ2) is 4.16. The summed E-state index contributed by atoms with van der Waals surface area (Å²) in [6.45, 7) is 4.39. The first-order valence-corrected chi connectivity index (χ1v) is 7.85. The number of rotatable bonds is 2. The number of nitrogens with zero attached hydrogens (tertiary/aromatic N) is 3. The molecule has 0 N–H and O–H groups in total. The molecule has 0 unspecified atom stereocenters. The van der Waals surface area contributed by atoms with Crippen LogP contribution in [-0.4, -0.2) is 14.2 Å². The Hall–Kier alpha value is -1.68. The summed E-state index contributed by atoms with van der Waals surface area (Å²) in [5.41, 5.74) is 4.06. The average Bonchev–Trinajstić information content (AvgIpc) is 3.01. The van der Waals surface area contributed by atoms with Gasteiger partial charge in [0.15, 0.2) is 0 Å². The minimum atomic E-state index is 0.368. The molecular formula is C16H17N3S. The number of benzene rings is 1. The molecule has 2 aromatic heterocycles. The third-order valence-corrected chi connectivity index (χ3v) is 5.41. The van der Waals surface area contributed by atoms with E-state index in [1.165, 1.54) is 47.3 Å². The summed E-state index contributed by atoms with van der Waals surface area (Å²) in [5.74, 6) is 0. The zero-order valence-corrected chi connectivity index (χ0v) is 12.6. The molecule has 0 aliphatic heterocycles. The van der Waals surface area contributed by atoms with Gasteiger partial charge in [0.1, 0.15) is 5.00 Å². The van der Waals surface area contributed by atoms with Gasteiger partial charge in [0, 0.05) is 5.39 Å². The van der Waals surface area contributed by atoms with Crippen LogP contribution in [0.3, 0.4) is 0 Å². The zero-order chi connectivity index (χ0) is 13.7. The van der Waals surface area contributed by atoms with E-state index in [4.69, 9.17) is 0 Å². The molecule has 102 valence electrons. The molecule has 0 atom stereocenters. The van der Waals surface area contributed by atoms with Crippen molar-refractivity contribution in [3.63, 3.8) is 0 Å². The lowest BCUT2D eigenvalue weighted by molar-refractivity contribution is 0.272. The van der Waals surface area contributed by atoms with Crippen molar-refractivity contribution in [2.45, 2.75) is 38.5 Å². The highest BCUT2D eigenvalue weighted by atomic mass is 32.1. The maximum atomic E-state index is 4.53. The molecule has 1 fully saturated rings. The van der Waals surface area contributed by atoms with E-state index in [0.717, 1.165) is 10.7 Å². The van der Waals surface area contributed by atoms with Crippen molar-refractivity contribution in [3.8, 4) is 5.00 Å². The van der Waals surface area contributed by atoms with E-state index in [1.54, 1.807) is 0 Å². The van der Waals surface area contributed by atoms with E-state index in [9.17, 15) is 0 Å². The minimum absolute atomic E-state index is 0.368. The molecule has 1 aliphatic rings. The predicted molar refractivity (Wildman–Crippen MR) is 82.7 cm³/mol. The quantitative estimate of drug-likeness (QED) is 0.704. The number of aryl methyl sites for hydroxylation is 1. The van der Waals surface area contributed by atoms with Gasteiger partial charge in [0.25, 0.3) is 0 Å². The largest absolute Gasteiger partial charge is 0.221 e. The lowest BCUT2D eigenvalue weighted by Gasteiger charge is -2.39. The second-order valence-electron chi connectivity index (χ2n) is 6.05. The Morgan fingerprint density at radius 2 is 2.10 bits per heavy atom. The molecule has 2 heterocycles.